The Morgan fingerprint density at radius 3 is 2.32 bits per heavy atom. The van der Waals surface area contributed by atoms with E-state index in [0.717, 1.165) is 16.9 Å². The molecule has 0 bridgehead atoms. The van der Waals surface area contributed by atoms with Crippen LogP contribution >= 0.6 is 0 Å². The molecule has 28 heavy (non-hydrogen) atoms. The Balaban J connectivity index is 1.85. The molecule has 1 aliphatic heterocycles. The predicted molar refractivity (Wildman–Crippen MR) is 113 cm³/mol. The summed E-state index contributed by atoms with van der Waals surface area (Å²) in [6.45, 7) is 4.35. The summed E-state index contributed by atoms with van der Waals surface area (Å²) in [5.74, 6) is 1.08. The van der Waals surface area contributed by atoms with Crippen LogP contribution in [0.1, 0.15) is 47.4 Å². The van der Waals surface area contributed by atoms with Crippen LogP contribution in [0.2, 0.25) is 0 Å². The molecule has 3 aromatic carbocycles. The second-order valence-corrected chi connectivity index (χ2v) is 7.26. The minimum Gasteiger partial charge on any atom is -0.495 e. The first-order chi connectivity index (χ1) is 13.6. The summed E-state index contributed by atoms with van der Waals surface area (Å²) in [6.07, 6.45) is -0.320. The zero-order chi connectivity index (χ0) is 19.7. The Morgan fingerprint density at radius 1 is 0.929 bits per heavy atom. The highest BCUT2D eigenvalue weighted by atomic mass is 16.5. The van der Waals surface area contributed by atoms with Gasteiger partial charge in [-0.1, -0.05) is 62.4 Å². The van der Waals surface area contributed by atoms with E-state index in [9.17, 15) is 4.79 Å². The second-order valence-electron chi connectivity index (χ2n) is 7.26. The molecule has 1 amide bonds. The van der Waals surface area contributed by atoms with Crippen molar-refractivity contribution in [3.63, 3.8) is 0 Å². The van der Waals surface area contributed by atoms with Crippen LogP contribution in [0.3, 0.4) is 0 Å². The molecule has 3 aromatic rings. The van der Waals surface area contributed by atoms with Crippen LogP contribution in [0.4, 0.5) is 11.4 Å². The standard InChI is InChI=1S/C24H24N2O2/c1-16(2)17-12-14-18(15-13-17)23-25-20-9-5-4-8-19(20)24(27)26(23)21-10-6-7-11-22(21)28-3/h4-16,23,25H,1-3H3. The van der Waals surface area contributed by atoms with Crippen molar-refractivity contribution in [3.8, 4) is 5.75 Å². The van der Waals surface area contributed by atoms with Gasteiger partial charge in [0.1, 0.15) is 11.9 Å². The molecule has 0 aromatic heterocycles. The van der Waals surface area contributed by atoms with Gasteiger partial charge in [-0.3, -0.25) is 9.69 Å². The molecule has 0 saturated carbocycles. The number of rotatable bonds is 4. The summed E-state index contributed by atoms with van der Waals surface area (Å²) in [4.78, 5) is 15.3. The van der Waals surface area contributed by atoms with Gasteiger partial charge in [0.05, 0.1) is 18.4 Å². The molecule has 0 radical (unpaired) electrons. The molecule has 0 spiro atoms. The summed E-state index contributed by atoms with van der Waals surface area (Å²) >= 11 is 0. The van der Waals surface area contributed by atoms with Gasteiger partial charge in [0, 0.05) is 5.69 Å². The summed E-state index contributed by atoms with van der Waals surface area (Å²) in [6, 6.07) is 23.7. The van der Waals surface area contributed by atoms with Gasteiger partial charge < -0.3 is 10.1 Å². The minimum atomic E-state index is -0.320. The van der Waals surface area contributed by atoms with Gasteiger partial charge >= 0.3 is 0 Å². The molecular formula is C24H24N2O2. The third kappa shape index (κ3) is 3.11. The Morgan fingerprint density at radius 2 is 1.61 bits per heavy atom. The third-order valence-corrected chi connectivity index (χ3v) is 5.19. The Kier molecular flexibility index (Phi) is 4.78. The van der Waals surface area contributed by atoms with Crippen LogP contribution in [0, 0.1) is 0 Å². The fraction of sp³-hybridized carbons (Fsp3) is 0.208. The highest BCUT2D eigenvalue weighted by Gasteiger charge is 2.35. The zero-order valence-electron chi connectivity index (χ0n) is 16.3. The van der Waals surface area contributed by atoms with Crippen LogP contribution in [0.5, 0.6) is 5.75 Å². The summed E-state index contributed by atoms with van der Waals surface area (Å²) in [7, 11) is 1.63. The monoisotopic (exact) mass is 372 g/mol. The number of methoxy groups -OCH3 is 1. The van der Waals surface area contributed by atoms with Crippen molar-refractivity contribution in [2.75, 3.05) is 17.3 Å². The molecule has 0 aliphatic carbocycles. The van der Waals surface area contributed by atoms with Crippen molar-refractivity contribution in [2.45, 2.75) is 25.9 Å². The first-order valence-corrected chi connectivity index (χ1v) is 9.52. The molecular weight excluding hydrogens is 348 g/mol. The number of carbonyl (C=O) groups excluding carboxylic acids is 1. The van der Waals surface area contributed by atoms with Crippen molar-refractivity contribution in [1.82, 2.24) is 0 Å². The highest BCUT2D eigenvalue weighted by molar-refractivity contribution is 6.12. The van der Waals surface area contributed by atoms with E-state index in [2.05, 4.69) is 43.4 Å². The molecule has 1 heterocycles. The molecule has 1 unspecified atom stereocenters. The van der Waals surface area contributed by atoms with Gasteiger partial charge in [-0.2, -0.15) is 0 Å². The van der Waals surface area contributed by atoms with E-state index in [1.165, 1.54) is 5.56 Å². The van der Waals surface area contributed by atoms with Crippen LogP contribution in [0.25, 0.3) is 0 Å². The average Bonchev–Trinajstić information content (AvgIpc) is 2.74. The lowest BCUT2D eigenvalue weighted by molar-refractivity contribution is 0.0974. The van der Waals surface area contributed by atoms with Gasteiger partial charge in [0.2, 0.25) is 0 Å². The fourth-order valence-corrected chi connectivity index (χ4v) is 3.63. The van der Waals surface area contributed by atoms with Gasteiger partial charge in [-0.05, 0) is 41.3 Å². The number of ether oxygens (including phenoxy) is 1. The zero-order valence-corrected chi connectivity index (χ0v) is 16.3. The Bertz CT molecular complexity index is 995. The van der Waals surface area contributed by atoms with Crippen LogP contribution < -0.4 is 15.0 Å². The number of anilines is 2. The normalized spacial score (nSPS) is 15.9. The Hall–Kier alpha value is -3.27. The van der Waals surface area contributed by atoms with E-state index in [4.69, 9.17) is 4.74 Å². The summed E-state index contributed by atoms with van der Waals surface area (Å²) in [5.41, 5.74) is 4.54. The smallest absolute Gasteiger partial charge is 0.262 e. The number of hydrogen-bond acceptors (Lipinski definition) is 3. The molecule has 1 aliphatic rings. The van der Waals surface area contributed by atoms with E-state index in [0.29, 0.717) is 17.2 Å². The minimum absolute atomic E-state index is 0.0446. The lowest BCUT2D eigenvalue weighted by Crippen LogP contribution is -2.43. The quantitative estimate of drug-likeness (QED) is 0.649. The average molecular weight is 372 g/mol. The van der Waals surface area contributed by atoms with Crippen molar-refractivity contribution in [2.24, 2.45) is 0 Å². The Labute approximate surface area is 165 Å². The predicted octanol–water partition coefficient (Wildman–Crippen LogP) is 5.59. The first-order valence-electron chi connectivity index (χ1n) is 9.52. The molecule has 0 fully saturated rings. The van der Waals surface area contributed by atoms with E-state index >= 15 is 0 Å². The molecule has 142 valence electrons. The van der Waals surface area contributed by atoms with Crippen LogP contribution in [-0.2, 0) is 0 Å². The molecule has 4 rings (SSSR count). The van der Waals surface area contributed by atoms with Crippen molar-refractivity contribution >= 4 is 17.3 Å². The summed E-state index contributed by atoms with van der Waals surface area (Å²) in [5, 5.41) is 3.54. The molecule has 1 atom stereocenters. The van der Waals surface area contributed by atoms with Crippen molar-refractivity contribution in [3.05, 3.63) is 89.5 Å². The first kappa shape index (κ1) is 18.1. The van der Waals surface area contributed by atoms with E-state index in [1.54, 1.807) is 12.0 Å². The molecule has 4 heteroatoms. The maximum absolute atomic E-state index is 13.5. The van der Waals surface area contributed by atoms with Crippen LogP contribution in [-0.4, -0.2) is 13.0 Å². The topological polar surface area (TPSA) is 41.6 Å². The lowest BCUT2D eigenvalue weighted by atomic mass is 9.98. The largest absolute Gasteiger partial charge is 0.495 e. The number of amides is 1. The van der Waals surface area contributed by atoms with Gasteiger partial charge in [0.15, 0.2) is 0 Å². The maximum Gasteiger partial charge on any atom is 0.262 e. The molecule has 1 N–H and O–H groups in total. The number of nitrogens with one attached hydrogen (secondary N) is 1. The van der Waals surface area contributed by atoms with Crippen LogP contribution in [0.15, 0.2) is 72.8 Å². The summed E-state index contributed by atoms with van der Waals surface area (Å²) < 4.78 is 5.55. The highest BCUT2D eigenvalue weighted by Crippen LogP contribution is 2.40. The van der Waals surface area contributed by atoms with Gasteiger partial charge in [0.25, 0.3) is 5.91 Å². The van der Waals surface area contributed by atoms with Gasteiger partial charge in [-0.15, -0.1) is 0 Å². The number of fused-ring (bicyclic) bond motifs is 1. The third-order valence-electron chi connectivity index (χ3n) is 5.19. The van der Waals surface area contributed by atoms with Gasteiger partial charge in [-0.25, -0.2) is 0 Å². The van der Waals surface area contributed by atoms with Crippen molar-refractivity contribution < 1.29 is 9.53 Å². The van der Waals surface area contributed by atoms with E-state index in [1.807, 2.05) is 48.5 Å². The number of benzene rings is 3. The molecule has 0 saturated heterocycles. The number of hydrogen-bond donors (Lipinski definition) is 1. The van der Waals surface area contributed by atoms with Crippen molar-refractivity contribution in [1.29, 1.82) is 0 Å². The SMILES string of the molecule is COc1ccccc1N1C(=O)c2ccccc2NC1c1ccc(C(C)C)cc1. The number of para-hydroxylation sites is 3. The van der Waals surface area contributed by atoms with E-state index in [-0.39, 0.29) is 12.1 Å². The molecule has 4 nitrogen and oxygen atoms in total. The number of carbonyl (C=O) groups is 1. The lowest BCUT2D eigenvalue weighted by Gasteiger charge is -2.38. The number of nitrogens with zero attached hydrogens (tertiary/aromatic N) is 1. The second kappa shape index (κ2) is 7.39. The van der Waals surface area contributed by atoms with E-state index < -0.39 is 0 Å². The maximum atomic E-state index is 13.5. The fourth-order valence-electron chi connectivity index (χ4n) is 3.63.